The zero-order valence-corrected chi connectivity index (χ0v) is 11.9. The van der Waals surface area contributed by atoms with Crippen molar-refractivity contribution in [2.24, 2.45) is 12.5 Å². The van der Waals surface area contributed by atoms with Gasteiger partial charge in [-0.05, 0) is 17.0 Å². The lowest BCUT2D eigenvalue weighted by atomic mass is 9.82. The van der Waals surface area contributed by atoms with Gasteiger partial charge in [0.05, 0.1) is 13.7 Å². The maximum atomic E-state index is 5.04. The van der Waals surface area contributed by atoms with E-state index in [1.165, 1.54) is 4.80 Å². The molecule has 1 rings (SSSR count). The van der Waals surface area contributed by atoms with E-state index in [1.54, 1.807) is 14.2 Å². The Hall–Kier alpha value is -1.01. The number of hydrogen-bond acceptors (Lipinski definition) is 5. The van der Waals surface area contributed by atoms with Gasteiger partial charge in [0.15, 0.2) is 5.82 Å². The van der Waals surface area contributed by atoms with Gasteiger partial charge in [0, 0.05) is 26.6 Å². The summed E-state index contributed by atoms with van der Waals surface area (Å²) in [6.07, 6.45) is 3.16. The van der Waals surface area contributed by atoms with Gasteiger partial charge in [-0.25, -0.2) is 0 Å². The molecule has 104 valence electrons. The predicted molar refractivity (Wildman–Crippen MR) is 70.3 cm³/mol. The Balaban J connectivity index is 2.50. The summed E-state index contributed by atoms with van der Waals surface area (Å²) in [7, 11) is 3.51. The van der Waals surface area contributed by atoms with Gasteiger partial charge in [-0.2, -0.15) is 4.80 Å². The van der Waals surface area contributed by atoms with Crippen LogP contribution in [0.3, 0.4) is 0 Å². The number of methoxy groups -OCH3 is 1. The summed E-state index contributed by atoms with van der Waals surface area (Å²) in [6.45, 7) is 7.04. The van der Waals surface area contributed by atoms with Gasteiger partial charge >= 0.3 is 0 Å². The van der Waals surface area contributed by atoms with Crippen molar-refractivity contribution in [3.05, 3.63) is 5.82 Å². The fourth-order valence-corrected chi connectivity index (χ4v) is 2.18. The largest absolute Gasteiger partial charge is 0.383 e. The van der Waals surface area contributed by atoms with E-state index in [1.807, 2.05) is 0 Å². The van der Waals surface area contributed by atoms with Crippen LogP contribution in [-0.2, 0) is 18.2 Å². The highest BCUT2D eigenvalue weighted by molar-refractivity contribution is 4.89. The van der Waals surface area contributed by atoms with E-state index in [4.69, 9.17) is 4.74 Å². The minimum absolute atomic E-state index is 0.172. The average Bonchev–Trinajstić information content (AvgIpc) is 2.70. The monoisotopic (exact) mass is 255 g/mol. The molecule has 1 atom stereocenters. The number of rotatable bonds is 9. The third kappa shape index (κ3) is 5.10. The highest BCUT2D eigenvalue weighted by Crippen LogP contribution is 2.26. The first kappa shape index (κ1) is 15.0. The summed E-state index contributed by atoms with van der Waals surface area (Å²) in [6, 6.07) is 0. The van der Waals surface area contributed by atoms with Crippen LogP contribution < -0.4 is 5.32 Å². The van der Waals surface area contributed by atoms with E-state index in [0.29, 0.717) is 0 Å². The van der Waals surface area contributed by atoms with Crippen molar-refractivity contribution >= 4 is 0 Å². The Morgan fingerprint density at radius 1 is 1.44 bits per heavy atom. The Kier molecular flexibility index (Phi) is 6.21. The van der Waals surface area contributed by atoms with Crippen LogP contribution in [0.25, 0.3) is 0 Å². The molecule has 6 nitrogen and oxygen atoms in total. The second kappa shape index (κ2) is 7.43. The van der Waals surface area contributed by atoms with Gasteiger partial charge in [-0.15, -0.1) is 10.2 Å². The summed E-state index contributed by atoms with van der Waals surface area (Å²) in [4.78, 5) is 1.51. The van der Waals surface area contributed by atoms with Crippen LogP contribution in [0.15, 0.2) is 0 Å². The quantitative estimate of drug-likeness (QED) is 0.661. The fraction of sp³-hybridized carbons (Fsp3) is 0.917. The summed E-state index contributed by atoms with van der Waals surface area (Å²) < 4.78 is 5.04. The molecule has 1 aromatic rings. The molecule has 0 radical (unpaired) electrons. The number of tetrazole rings is 1. The molecule has 18 heavy (non-hydrogen) atoms. The first-order chi connectivity index (χ1) is 8.59. The van der Waals surface area contributed by atoms with Crippen LogP contribution in [0.5, 0.6) is 0 Å². The molecule has 0 spiro atoms. The highest BCUT2D eigenvalue weighted by atomic mass is 16.5. The molecule has 0 saturated carbocycles. The van der Waals surface area contributed by atoms with Gasteiger partial charge in [0.1, 0.15) is 0 Å². The number of aryl methyl sites for hydroxylation is 1. The van der Waals surface area contributed by atoms with Crippen LogP contribution in [0.2, 0.25) is 0 Å². The Morgan fingerprint density at radius 2 is 2.22 bits per heavy atom. The summed E-state index contributed by atoms with van der Waals surface area (Å²) >= 11 is 0. The second-order valence-corrected chi connectivity index (χ2v) is 5.10. The molecule has 0 aliphatic carbocycles. The number of aromatic nitrogens is 4. The summed E-state index contributed by atoms with van der Waals surface area (Å²) in [5.74, 6) is 0.821. The van der Waals surface area contributed by atoms with Crippen molar-refractivity contribution in [3.8, 4) is 0 Å². The van der Waals surface area contributed by atoms with Crippen molar-refractivity contribution in [2.75, 3.05) is 26.8 Å². The third-order valence-electron chi connectivity index (χ3n) is 3.02. The van der Waals surface area contributed by atoms with Gasteiger partial charge in [0.2, 0.25) is 0 Å². The van der Waals surface area contributed by atoms with E-state index in [-0.39, 0.29) is 5.41 Å². The predicted octanol–water partition coefficient (Wildman–Crippen LogP) is 0.795. The van der Waals surface area contributed by atoms with Gasteiger partial charge in [-0.3, -0.25) is 0 Å². The maximum Gasteiger partial charge on any atom is 0.175 e. The van der Waals surface area contributed by atoms with Crippen LogP contribution in [0.1, 0.15) is 32.5 Å². The lowest BCUT2D eigenvalue weighted by Gasteiger charge is -2.28. The molecule has 1 unspecified atom stereocenters. The Labute approximate surface area is 109 Å². The van der Waals surface area contributed by atoms with Crippen LogP contribution in [0, 0.1) is 5.41 Å². The van der Waals surface area contributed by atoms with Crippen molar-refractivity contribution in [1.82, 2.24) is 25.5 Å². The van der Waals surface area contributed by atoms with E-state index in [0.717, 1.165) is 44.8 Å². The molecule has 0 fully saturated rings. The van der Waals surface area contributed by atoms with Crippen molar-refractivity contribution in [3.63, 3.8) is 0 Å². The standard InChI is InChI=1S/C12H25N5O/c1-5-6-12(2,10-13-7-8-18-4)9-11-14-16-17(3)15-11/h13H,5-10H2,1-4H3. The molecule has 0 amide bonds. The van der Waals surface area contributed by atoms with Gasteiger partial charge in [-0.1, -0.05) is 20.3 Å². The van der Waals surface area contributed by atoms with E-state index >= 15 is 0 Å². The van der Waals surface area contributed by atoms with Gasteiger partial charge in [0.25, 0.3) is 0 Å². The minimum atomic E-state index is 0.172. The molecule has 1 heterocycles. The first-order valence-electron chi connectivity index (χ1n) is 6.52. The first-order valence-corrected chi connectivity index (χ1v) is 6.52. The fourth-order valence-electron chi connectivity index (χ4n) is 2.18. The topological polar surface area (TPSA) is 64.9 Å². The smallest absolute Gasteiger partial charge is 0.175 e. The van der Waals surface area contributed by atoms with Crippen molar-refractivity contribution < 1.29 is 4.74 Å². The second-order valence-electron chi connectivity index (χ2n) is 5.10. The molecule has 0 saturated heterocycles. The lowest BCUT2D eigenvalue weighted by Crippen LogP contribution is -2.35. The summed E-state index contributed by atoms with van der Waals surface area (Å²) in [5, 5.41) is 15.7. The SMILES string of the molecule is CCCC(C)(CNCCOC)Cc1nnn(C)n1. The molecular weight excluding hydrogens is 230 g/mol. The number of hydrogen-bond donors (Lipinski definition) is 1. The summed E-state index contributed by atoms with van der Waals surface area (Å²) in [5.41, 5.74) is 0.172. The molecular formula is C12H25N5O. The number of ether oxygens (including phenoxy) is 1. The average molecular weight is 255 g/mol. The maximum absolute atomic E-state index is 5.04. The van der Waals surface area contributed by atoms with E-state index < -0.39 is 0 Å². The minimum Gasteiger partial charge on any atom is -0.383 e. The molecule has 0 aromatic carbocycles. The van der Waals surface area contributed by atoms with Crippen LogP contribution >= 0.6 is 0 Å². The lowest BCUT2D eigenvalue weighted by molar-refractivity contribution is 0.189. The number of nitrogens with one attached hydrogen (secondary N) is 1. The van der Waals surface area contributed by atoms with Crippen molar-refractivity contribution in [1.29, 1.82) is 0 Å². The van der Waals surface area contributed by atoms with Crippen LogP contribution in [0.4, 0.5) is 0 Å². The number of nitrogens with zero attached hydrogens (tertiary/aromatic N) is 4. The van der Waals surface area contributed by atoms with Gasteiger partial charge < -0.3 is 10.1 Å². The van der Waals surface area contributed by atoms with Crippen LogP contribution in [-0.4, -0.2) is 47.0 Å². The zero-order chi connectivity index (χ0) is 13.4. The normalized spacial score (nSPS) is 14.7. The van der Waals surface area contributed by atoms with Crippen molar-refractivity contribution in [2.45, 2.75) is 33.1 Å². The Morgan fingerprint density at radius 3 is 2.78 bits per heavy atom. The van der Waals surface area contributed by atoms with E-state index in [9.17, 15) is 0 Å². The molecule has 1 N–H and O–H groups in total. The molecule has 1 aromatic heterocycles. The molecule has 6 heteroatoms. The zero-order valence-electron chi connectivity index (χ0n) is 11.9. The third-order valence-corrected chi connectivity index (χ3v) is 3.02. The highest BCUT2D eigenvalue weighted by Gasteiger charge is 2.25. The molecule has 0 bridgehead atoms. The Bertz CT molecular complexity index is 341. The molecule has 0 aliphatic rings. The molecule has 0 aliphatic heterocycles. The van der Waals surface area contributed by atoms with E-state index in [2.05, 4.69) is 34.6 Å².